The van der Waals surface area contributed by atoms with Crippen molar-refractivity contribution in [1.29, 1.82) is 0 Å². The number of hydrogen-bond acceptors (Lipinski definition) is 4. The summed E-state index contributed by atoms with van der Waals surface area (Å²) in [7, 11) is -4.35. The van der Waals surface area contributed by atoms with Gasteiger partial charge in [-0.1, -0.05) is 48.5 Å². The van der Waals surface area contributed by atoms with E-state index in [1.54, 1.807) is 44.2 Å². The Kier molecular flexibility index (Phi) is 9.28. The molecular weight excluding hydrogens is 536 g/mol. The molecule has 2 amide bonds. The number of nitrogens with zero attached hydrogens (tertiary/aromatic N) is 1. The van der Waals surface area contributed by atoms with E-state index in [0.29, 0.717) is 11.1 Å². The number of sulfonamides is 1. The lowest BCUT2D eigenvalue weighted by molar-refractivity contribution is -0.138. The maximum Gasteiger partial charge on any atom is 0.416 e. The lowest BCUT2D eigenvalue weighted by Crippen LogP contribution is -2.48. The van der Waals surface area contributed by atoms with Crippen LogP contribution in [-0.4, -0.2) is 26.3 Å². The number of alkyl halides is 3. The quantitative estimate of drug-likeness (QED) is 0.273. The van der Waals surface area contributed by atoms with Gasteiger partial charge in [0.1, 0.15) is 11.7 Å². The van der Waals surface area contributed by atoms with Gasteiger partial charge in [-0.2, -0.15) is 13.2 Å². The van der Waals surface area contributed by atoms with E-state index in [-0.39, 0.29) is 12.1 Å². The minimum atomic E-state index is -4.67. The minimum absolute atomic E-state index is 0.117. The first kappa shape index (κ1) is 29.6. The van der Waals surface area contributed by atoms with Gasteiger partial charge in [0.15, 0.2) is 0 Å². The molecular formula is C28H26F4N2O4S. The average Bonchev–Trinajstić information content (AvgIpc) is 2.87. The van der Waals surface area contributed by atoms with Crippen LogP contribution < -0.4 is 9.62 Å². The minimum Gasteiger partial charge on any atom is -0.309 e. The Morgan fingerprint density at radius 2 is 1.59 bits per heavy atom. The van der Waals surface area contributed by atoms with Crippen LogP contribution in [0, 0.1) is 11.7 Å². The summed E-state index contributed by atoms with van der Waals surface area (Å²) in [6.07, 6.45) is -3.74. The molecule has 0 spiro atoms. The van der Waals surface area contributed by atoms with Crippen molar-refractivity contribution in [3.05, 3.63) is 107 Å². The molecule has 0 saturated heterocycles. The molecule has 0 heterocycles. The number of amides is 2. The molecule has 3 aromatic rings. The summed E-state index contributed by atoms with van der Waals surface area (Å²) >= 11 is 0. The number of benzene rings is 3. The lowest BCUT2D eigenvalue weighted by atomic mass is 9.96. The Morgan fingerprint density at radius 3 is 2.18 bits per heavy atom. The zero-order valence-corrected chi connectivity index (χ0v) is 21.8. The van der Waals surface area contributed by atoms with E-state index in [4.69, 9.17) is 0 Å². The number of rotatable bonds is 9. The summed E-state index contributed by atoms with van der Waals surface area (Å²) in [6.45, 7) is 3.09. The number of hydrogen-bond donors (Lipinski definition) is 1. The second kappa shape index (κ2) is 12.2. The maximum atomic E-state index is 13.7. The molecule has 0 saturated carbocycles. The molecule has 1 N–H and O–H groups in total. The zero-order valence-electron chi connectivity index (χ0n) is 21.0. The van der Waals surface area contributed by atoms with Crippen LogP contribution in [0.15, 0.2) is 84.3 Å². The van der Waals surface area contributed by atoms with E-state index in [9.17, 15) is 35.6 Å². The highest BCUT2D eigenvalue weighted by Crippen LogP contribution is 2.33. The van der Waals surface area contributed by atoms with Gasteiger partial charge in [-0.05, 0) is 67.8 Å². The van der Waals surface area contributed by atoms with Gasteiger partial charge in [-0.3, -0.25) is 9.59 Å². The summed E-state index contributed by atoms with van der Waals surface area (Å²) < 4.78 is 80.7. The Hall–Kier alpha value is -3.99. The van der Waals surface area contributed by atoms with Crippen LogP contribution in [0.2, 0.25) is 0 Å². The Labute approximate surface area is 224 Å². The van der Waals surface area contributed by atoms with Crippen molar-refractivity contribution in [2.45, 2.75) is 32.5 Å². The van der Waals surface area contributed by atoms with E-state index < -0.39 is 51.4 Å². The molecule has 0 aromatic heterocycles. The average molecular weight is 563 g/mol. The lowest BCUT2D eigenvalue weighted by Gasteiger charge is -2.31. The van der Waals surface area contributed by atoms with Crippen LogP contribution in [0.1, 0.15) is 30.5 Å². The third-order valence-electron chi connectivity index (χ3n) is 5.66. The van der Waals surface area contributed by atoms with Crippen molar-refractivity contribution >= 4 is 33.6 Å². The third-order valence-corrected chi connectivity index (χ3v) is 6.64. The van der Waals surface area contributed by atoms with Crippen LogP contribution in [0.3, 0.4) is 0 Å². The predicted octanol–water partition coefficient (Wildman–Crippen LogP) is 5.56. The number of halogens is 4. The van der Waals surface area contributed by atoms with Crippen molar-refractivity contribution in [1.82, 2.24) is 4.72 Å². The first-order chi connectivity index (χ1) is 18.3. The molecule has 0 aliphatic rings. The first-order valence-corrected chi connectivity index (χ1v) is 13.4. The number of carbonyl (C=O) groups is 2. The Bertz CT molecular complexity index is 1440. The van der Waals surface area contributed by atoms with Gasteiger partial charge >= 0.3 is 6.18 Å². The van der Waals surface area contributed by atoms with Gasteiger partial charge in [0.05, 0.1) is 11.0 Å². The highest BCUT2D eigenvalue weighted by atomic mass is 32.2. The van der Waals surface area contributed by atoms with E-state index in [1.807, 2.05) is 4.72 Å². The monoisotopic (exact) mass is 562 g/mol. The number of carbonyl (C=O) groups excluding carboxylic acids is 2. The molecule has 3 rings (SSSR count). The molecule has 0 bridgehead atoms. The molecule has 0 radical (unpaired) electrons. The first-order valence-electron chi connectivity index (χ1n) is 11.8. The molecule has 206 valence electrons. The van der Waals surface area contributed by atoms with Crippen molar-refractivity contribution in [3.8, 4) is 0 Å². The van der Waals surface area contributed by atoms with Crippen molar-refractivity contribution in [2.24, 2.45) is 5.92 Å². The largest absolute Gasteiger partial charge is 0.416 e. The molecule has 0 fully saturated rings. The topological polar surface area (TPSA) is 83.6 Å². The van der Waals surface area contributed by atoms with Crippen molar-refractivity contribution < 1.29 is 35.6 Å². The highest BCUT2D eigenvalue weighted by Gasteiger charge is 2.36. The smallest absolute Gasteiger partial charge is 0.309 e. The number of anilines is 1. The molecule has 1 atom stereocenters. The molecule has 39 heavy (non-hydrogen) atoms. The third kappa shape index (κ3) is 8.25. The fourth-order valence-corrected chi connectivity index (χ4v) is 4.63. The highest BCUT2D eigenvalue weighted by molar-refractivity contribution is 7.93. The zero-order chi connectivity index (χ0) is 28.8. The normalized spacial score (nSPS) is 12.9. The van der Waals surface area contributed by atoms with Crippen molar-refractivity contribution in [2.75, 3.05) is 4.90 Å². The van der Waals surface area contributed by atoms with Gasteiger partial charge in [0, 0.05) is 11.7 Å². The maximum absolute atomic E-state index is 13.7. The molecule has 1 unspecified atom stereocenters. The van der Waals surface area contributed by atoms with Gasteiger partial charge in [-0.15, -0.1) is 0 Å². The Morgan fingerprint density at radius 1 is 0.949 bits per heavy atom. The molecule has 11 heteroatoms. The van der Waals surface area contributed by atoms with Gasteiger partial charge in [0.2, 0.25) is 11.8 Å². The fraction of sp³-hybridized carbons (Fsp3) is 0.214. The predicted molar refractivity (Wildman–Crippen MR) is 140 cm³/mol. The van der Waals surface area contributed by atoms with Gasteiger partial charge in [0.25, 0.3) is 10.0 Å². The van der Waals surface area contributed by atoms with E-state index in [2.05, 4.69) is 0 Å². The summed E-state index contributed by atoms with van der Waals surface area (Å²) in [5, 5.41) is 0.771. The van der Waals surface area contributed by atoms with E-state index >= 15 is 0 Å². The summed E-state index contributed by atoms with van der Waals surface area (Å²) in [4.78, 5) is 28.0. The molecule has 6 nitrogen and oxygen atoms in total. The van der Waals surface area contributed by atoms with Crippen LogP contribution in [0.5, 0.6) is 0 Å². The summed E-state index contributed by atoms with van der Waals surface area (Å²) in [6, 6.07) is 16.7. The molecule has 0 aliphatic heterocycles. The summed E-state index contributed by atoms with van der Waals surface area (Å²) in [5.74, 6) is -4.33. The SMILES string of the molecule is CC(C)N(C(=O)C(Cc1ccc(F)cc1)C(=O)NS(=O)(=O)C=Cc1ccccc1)c1cccc(C(F)(F)F)c1. The van der Waals surface area contributed by atoms with Crippen LogP contribution in [0.25, 0.3) is 6.08 Å². The van der Waals surface area contributed by atoms with Gasteiger partial charge < -0.3 is 4.90 Å². The number of nitrogens with one attached hydrogen (secondary N) is 1. The van der Waals surface area contributed by atoms with E-state index in [1.165, 1.54) is 24.3 Å². The molecule has 3 aromatic carbocycles. The van der Waals surface area contributed by atoms with Gasteiger partial charge in [-0.25, -0.2) is 17.5 Å². The van der Waals surface area contributed by atoms with Crippen LogP contribution in [-0.2, 0) is 32.2 Å². The Balaban J connectivity index is 1.97. The summed E-state index contributed by atoms with van der Waals surface area (Å²) in [5.41, 5.74) is -0.222. The van der Waals surface area contributed by atoms with E-state index in [0.717, 1.165) is 40.6 Å². The molecule has 0 aliphatic carbocycles. The fourth-order valence-electron chi connectivity index (χ4n) is 3.81. The van der Waals surface area contributed by atoms with Crippen molar-refractivity contribution in [3.63, 3.8) is 0 Å². The standard InChI is InChI=1S/C28H26F4N2O4S/c1-19(2)34(24-10-6-9-22(18-24)28(30,31)32)27(36)25(17-21-11-13-23(29)14-12-21)26(35)33-39(37,38)16-15-20-7-4-3-5-8-20/h3-16,18-19,25H,17H2,1-2H3,(H,33,35). The second-order valence-corrected chi connectivity index (χ2v) is 10.5. The van der Waals surface area contributed by atoms with Crippen LogP contribution in [0.4, 0.5) is 23.2 Å². The second-order valence-electron chi connectivity index (χ2n) is 8.96. The van der Waals surface area contributed by atoms with Crippen LogP contribution >= 0.6 is 0 Å².